The number of rotatable bonds is 3. The number of pyridine rings is 1. The SMILES string of the molecule is Cc1c(C(C)NC(=O)c2cccnc2)oc2ccccc12. The summed E-state index contributed by atoms with van der Waals surface area (Å²) < 4.78 is 5.87. The van der Waals surface area contributed by atoms with Crippen molar-refractivity contribution in [2.45, 2.75) is 19.9 Å². The van der Waals surface area contributed by atoms with Gasteiger partial charge >= 0.3 is 0 Å². The molecule has 1 amide bonds. The normalized spacial score (nSPS) is 12.3. The predicted molar refractivity (Wildman–Crippen MR) is 81.1 cm³/mol. The number of benzene rings is 1. The van der Waals surface area contributed by atoms with Crippen LogP contribution in [0.1, 0.15) is 34.6 Å². The number of para-hydroxylation sites is 1. The number of carbonyl (C=O) groups is 1. The minimum atomic E-state index is -0.204. The molecule has 0 aliphatic carbocycles. The van der Waals surface area contributed by atoms with Gasteiger partial charge < -0.3 is 9.73 Å². The molecule has 3 aromatic rings. The third-order valence-electron chi connectivity index (χ3n) is 3.55. The van der Waals surface area contributed by atoms with Crippen molar-refractivity contribution in [3.63, 3.8) is 0 Å². The molecule has 0 saturated heterocycles. The Labute approximate surface area is 122 Å². The van der Waals surface area contributed by atoms with E-state index >= 15 is 0 Å². The first kappa shape index (κ1) is 13.4. The van der Waals surface area contributed by atoms with Crippen molar-refractivity contribution in [1.29, 1.82) is 0 Å². The molecule has 0 radical (unpaired) electrons. The summed E-state index contributed by atoms with van der Waals surface area (Å²) in [6, 6.07) is 11.1. The fourth-order valence-corrected chi connectivity index (χ4v) is 2.45. The Morgan fingerprint density at radius 3 is 2.76 bits per heavy atom. The second-order valence-corrected chi connectivity index (χ2v) is 5.02. The summed E-state index contributed by atoms with van der Waals surface area (Å²) in [5.41, 5.74) is 2.44. The molecular formula is C17H16N2O2. The smallest absolute Gasteiger partial charge is 0.253 e. The molecule has 4 nitrogen and oxygen atoms in total. The Morgan fingerprint density at radius 1 is 1.24 bits per heavy atom. The predicted octanol–water partition coefficient (Wildman–Crippen LogP) is 3.63. The van der Waals surface area contributed by atoms with Gasteiger partial charge in [0.15, 0.2) is 0 Å². The summed E-state index contributed by atoms with van der Waals surface area (Å²) in [6.07, 6.45) is 3.19. The first-order chi connectivity index (χ1) is 10.2. The lowest BCUT2D eigenvalue weighted by Crippen LogP contribution is -2.26. The molecule has 0 saturated carbocycles. The summed E-state index contributed by atoms with van der Waals surface area (Å²) in [4.78, 5) is 16.1. The number of nitrogens with zero attached hydrogens (tertiary/aromatic N) is 1. The van der Waals surface area contributed by atoms with Gasteiger partial charge in [0.2, 0.25) is 0 Å². The summed E-state index contributed by atoms with van der Waals surface area (Å²) in [7, 11) is 0. The maximum absolute atomic E-state index is 12.2. The average Bonchev–Trinajstić information content (AvgIpc) is 2.86. The number of amides is 1. The molecule has 0 spiro atoms. The zero-order valence-electron chi connectivity index (χ0n) is 12.0. The quantitative estimate of drug-likeness (QED) is 0.797. The van der Waals surface area contributed by atoms with Crippen molar-refractivity contribution in [2.75, 3.05) is 0 Å². The molecule has 1 N–H and O–H groups in total. The van der Waals surface area contributed by atoms with Crippen LogP contribution in [0.3, 0.4) is 0 Å². The molecule has 2 heterocycles. The van der Waals surface area contributed by atoms with Crippen LogP contribution in [0.25, 0.3) is 11.0 Å². The van der Waals surface area contributed by atoms with Crippen molar-refractivity contribution >= 4 is 16.9 Å². The maximum atomic E-state index is 12.2. The Balaban J connectivity index is 1.86. The summed E-state index contributed by atoms with van der Waals surface area (Å²) >= 11 is 0. The van der Waals surface area contributed by atoms with E-state index in [0.717, 1.165) is 22.3 Å². The highest BCUT2D eigenvalue weighted by atomic mass is 16.3. The standard InChI is InChI=1S/C17H16N2O2/c1-11-14-7-3-4-8-15(14)21-16(11)12(2)19-17(20)13-6-5-9-18-10-13/h3-10,12H,1-2H3,(H,19,20). The Bertz CT molecular complexity index is 778. The Kier molecular flexibility index (Phi) is 3.44. The summed E-state index contributed by atoms with van der Waals surface area (Å²) in [5, 5.41) is 4.02. The Hall–Kier alpha value is -2.62. The zero-order valence-corrected chi connectivity index (χ0v) is 12.0. The van der Waals surface area contributed by atoms with Gasteiger partial charge in [0, 0.05) is 23.3 Å². The average molecular weight is 280 g/mol. The van der Waals surface area contributed by atoms with E-state index in [4.69, 9.17) is 4.42 Å². The molecule has 106 valence electrons. The Morgan fingerprint density at radius 2 is 2.05 bits per heavy atom. The number of aryl methyl sites for hydroxylation is 1. The number of nitrogens with one attached hydrogen (secondary N) is 1. The molecule has 1 atom stereocenters. The van der Waals surface area contributed by atoms with Crippen molar-refractivity contribution in [1.82, 2.24) is 10.3 Å². The molecule has 0 aliphatic rings. The first-order valence-electron chi connectivity index (χ1n) is 6.85. The third-order valence-corrected chi connectivity index (χ3v) is 3.55. The van der Waals surface area contributed by atoms with Gasteiger partial charge in [0.05, 0.1) is 11.6 Å². The molecule has 21 heavy (non-hydrogen) atoms. The number of hydrogen-bond acceptors (Lipinski definition) is 3. The minimum absolute atomic E-state index is 0.157. The number of aromatic nitrogens is 1. The van der Waals surface area contributed by atoms with E-state index in [1.54, 1.807) is 24.5 Å². The van der Waals surface area contributed by atoms with Gasteiger partial charge in [-0.2, -0.15) is 0 Å². The lowest BCUT2D eigenvalue weighted by atomic mass is 10.1. The van der Waals surface area contributed by atoms with Crippen LogP contribution in [0.4, 0.5) is 0 Å². The second-order valence-electron chi connectivity index (χ2n) is 5.02. The molecule has 1 aromatic carbocycles. The fraction of sp³-hybridized carbons (Fsp3) is 0.176. The molecule has 3 rings (SSSR count). The summed E-state index contributed by atoms with van der Waals surface area (Å²) in [5.74, 6) is 0.629. The van der Waals surface area contributed by atoms with Crippen LogP contribution in [-0.4, -0.2) is 10.9 Å². The number of fused-ring (bicyclic) bond motifs is 1. The van der Waals surface area contributed by atoms with Crippen LogP contribution in [0, 0.1) is 6.92 Å². The van der Waals surface area contributed by atoms with E-state index in [1.165, 1.54) is 0 Å². The molecule has 0 bridgehead atoms. The van der Waals surface area contributed by atoms with Crippen molar-refractivity contribution in [3.05, 3.63) is 65.7 Å². The largest absolute Gasteiger partial charge is 0.459 e. The number of hydrogen-bond donors (Lipinski definition) is 1. The fourth-order valence-electron chi connectivity index (χ4n) is 2.45. The van der Waals surface area contributed by atoms with Crippen LogP contribution in [0.15, 0.2) is 53.2 Å². The van der Waals surface area contributed by atoms with Crippen molar-refractivity contribution < 1.29 is 9.21 Å². The molecular weight excluding hydrogens is 264 g/mol. The molecule has 1 unspecified atom stereocenters. The van der Waals surface area contributed by atoms with Crippen LogP contribution in [0.5, 0.6) is 0 Å². The van der Waals surface area contributed by atoms with E-state index in [2.05, 4.69) is 10.3 Å². The second kappa shape index (κ2) is 5.40. The van der Waals surface area contributed by atoms with E-state index in [-0.39, 0.29) is 11.9 Å². The van der Waals surface area contributed by atoms with Gasteiger partial charge in [-0.15, -0.1) is 0 Å². The van der Waals surface area contributed by atoms with Gasteiger partial charge in [-0.05, 0) is 32.0 Å². The van der Waals surface area contributed by atoms with E-state index in [0.29, 0.717) is 5.56 Å². The lowest BCUT2D eigenvalue weighted by molar-refractivity contribution is 0.0935. The highest BCUT2D eigenvalue weighted by Crippen LogP contribution is 2.29. The van der Waals surface area contributed by atoms with Crippen LogP contribution < -0.4 is 5.32 Å². The van der Waals surface area contributed by atoms with Crippen molar-refractivity contribution in [3.8, 4) is 0 Å². The van der Waals surface area contributed by atoms with Gasteiger partial charge in [-0.3, -0.25) is 9.78 Å². The van der Waals surface area contributed by atoms with E-state index < -0.39 is 0 Å². The van der Waals surface area contributed by atoms with E-state index in [1.807, 2.05) is 38.1 Å². The van der Waals surface area contributed by atoms with Crippen LogP contribution in [-0.2, 0) is 0 Å². The number of furan rings is 1. The highest BCUT2D eigenvalue weighted by Gasteiger charge is 2.18. The van der Waals surface area contributed by atoms with Gasteiger partial charge in [-0.25, -0.2) is 0 Å². The highest BCUT2D eigenvalue weighted by molar-refractivity contribution is 5.94. The first-order valence-corrected chi connectivity index (χ1v) is 6.85. The van der Waals surface area contributed by atoms with Crippen LogP contribution >= 0.6 is 0 Å². The monoisotopic (exact) mass is 280 g/mol. The minimum Gasteiger partial charge on any atom is -0.459 e. The van der Waals surface area contributed by atoms with Gasteiger partial charge in [0.1, 0.15) is 11.3 Å². The van der Waals surface area contributed by atoms with Crippen molar-refractivity contribution in [2.24, 2.45) is 0 Å². The molecule has 0 aliphatic heterocycles. The molecule has 0 fully saturated rings. The topological polar surface area (TPSA) is 55.1 Å². The van der Waals surface area contributed by atoms with Crippen LogP contribution in [0.2, 0.25) is 0 Å². The van der Waals surface area contributed by atoms with Gasteiger partial charge in [0.25, 0.3) is 5.91 Å². The third kappa shape index (κ3) is 2.52. The zero-order chi connectivity index (χ0) is 14.8. The van der Waals surface area contributed by atoms with E-state index in [9.17, 15) is 4.79 Å². The molecule has 4 heteroatoms. The maximum Gasteiger partial charge on any atom is 0.253 e. The molecule has 2 aromatic heterocycles. The summed E-state index contributed by atoms with van der Waals surface area (Å²) in [6.45, 7) is 3.92. The number of carbonyl (C=O) groups excluding carboxylic acids is 1. The lowest BCUT2D eigenvalue weighted by Gasteiger charge is -2.12. The van der Waals surface area contributed by atoms with Gasteiger partial charge in [-0.1, -0.05) is 18.2 Å².